The number of hydrogen-bond acceptors (Lipinski definition) is 3. The second-order valence-corrected chi connectivity index (χ2v) is 7.21. The first-order valence-electron chi connectivity index (χ1n) is 7.83. The van der Waals surface area contributed by atoms with E-state index in [0.717, 1.165) is 44.5 Å². The molecule has 5 heteroatoms. The van der Waals surface area contributed by atoms with Crippen molar-refractivity contribution in [3.05, 3.63) is 0 Å². The van der Waals surface area contributed by atoms with Gasteiger partial charge in [-0.05, 0) is 51.0 Å². The van der Waals surface area contributed by atoms with Gasteiger partial charge in [-0.2, -0.15) is 11.8 Å². The highest BCUT2D eigenvalue weighted by atomic mass is 32.2. The predicted octanol–water partition coefficient (Wildman–Crippen LogP) is 2.92. The summed E-state index contributed by atoms with van der Waals surface area (Å²) in [5.41, 5.74) is 0.0701. The van der Waals surface area contributed by atoms with Crippen molar-refractivity contribution >= 4 is 17.8 Å². The maximum absolute atomic E-state index is 12.0. The number of thioether (sulfide) groups is 1. The third kappa shape index (κ3) is 4.55. The van der Waals surface area contributed by atoms with Gasteiger partial charge in [-0.3, -0.25) is 0 Å². The summed E-state index contributed by atoms with van der Waals surface area (Å²) in [7, 11) is 0. The largest absolute Gasteiger partial charge is 0.375 e. The fourth-order valence-electron chi connectivity index (χ4n) is 3.34. The van der Waals surface area contributed by atoms with Crippen molar-refractivity contribution in [1.29, 1.82) is 0 Å². The standard InChI is InChI=1S/C15H28N2O2S/c1-12(6-10-20-2)16-14(18)17-13-5-9-19-15(11-13)7-3-4-8-15/h12-13H,3-11H2,1-2H3,(H2,16,17,18)/t12-,13-/m1/s1. The minimum absolute atomic E-state index is 0.0151. The zero-order valence-electron chi connectivity index (χ0n) is 12.7. The second-order valence-electron chi connectivity index (χ2n) is 6.23. The summed E-state index contributed by atoms with van der Waals surface area (Å²) in [5.74, 6) is 1.09. The summed E-state index contributed by atoms with van der Waals surface area (Å²) in [6, 6.07) is 0.496. The van der Waals surface area contributed by atoms with E-state index in [9.17, 15) is 4.79 Å². The van der Waals surface area contributed by atoms with Crippen molar-refractivity contribution in [2.45, 2.75) is 69.6 Å². The van der Waals surface area contributed by atoms with E-state index in [0.29, 0.717) is 0 Å². The Morgan fingerprint density at radius 2 is 2.20 bits per heavy atom. The van der Waals surface area contributed by atoms with Crippen molar-refractivity contribution in [1.82, 2.24) is 10.6 Å². The normalized spacial score (nSPS) is 26.4. The SMILES string of the molecule is CSCC[C@@H](C)NC(=O)N[C@@H]1CCOC2(CCCC2)C1. The van der Waals surface area contributed by atoms with E-state index in [-0.39, 0.29) is 23.7 Å². The Kier molecular flexibility index (Phi) is 6.02. The van der Waals surface area contributed by atoms with Crippen LogP contribution >= 0.6 is 11.8 Å². The fraction of sp³-hybridized carbons (Fsp3) is 0.933. The summed E-state index contributed by atoms with van der Waals surface area (Å²) in [5, 5.41) is 6.18. The van der Waals surface area contributed by atoms with Gasteiger partial charge in [-0.15, -0.1) is 0 Å². The molecule has 1 saturated carbocycles. The summed E-state index contributed by atoms with van der Waals surface area (Å²) in [6.45, 7) is 2.85. The summed E-state index contributed by atoms with van der Waals surface area (Å²) < 4.78 is 6.00. The van der Waals surface area contributed by atoms with E-state index in [1.165, 1.54) is 12.8 Å². The van der Waals surface area contributed by atoms with Crippen LogP contribution in [0, 0.1) is 0 Å². The van der Waals surface area contributed by atoms with Crippen LogP contribution in [-0.4, -0.2) is 42.3 Å². The molecular formula is C15H28N2O2S. The minimum atomic E-state index is -0.0151. The zero-order chi connectivity index (χ0) is 14.4. The van der Waals surface area contributed by atoms with Crippen LogP contribution < -0.4 is 10.6 Å². The average Bonchev–Trinajstić information content (AvgIpc) is 2.84. The number of ether oxygens (including phenoxy) is 1. The van der Waals surface area contributed by atoms with Crippen molar-refractivity contribution < 1.29 is 9.53 Å². The van der Waals surface area contributed by atoms with Gasteiger partial charge in [0.05, 0.1) is 5.60 Å². The molecule has 1 spiro atoms. The van der Waals surface area contributed by atoms with Crippen LogP contribution in [0.25, 0.3) is 0 Å². The molecule has 0 radical (unpaired) electrons. The molecule has 0 aromatic rings. The van der Waals surface area contributed by atoms with Gasteiger partial charge in [-0.1, -0.05) is 12.8 Å². The first kappa shape index (κ1) is 16.0. The molecule has 0 bridgehead atoms. The van der Waals surface area contributed by atoms with Gasteiger partial charge in [0.15, 0.2) is 0 Å². The molecular weight excluding hydrogens is 272 g/mol. The highest BCUT2D eigenvalue weighted by Gasteiger charge is 2.40. The lowest BCUT2D eigenvalue weighted by molar-refractivity contribution is -0.0820. The Morgan fingerprint density at radius 1 is 1.45 bits per heavy atom. The molecule has 1 aliphatic heterocycles. The van der Waals surface area contributed by atoms with Gasteiger partial charge in [0.25, 0.3) is 0 Å². The van der Waals surface area contributed by atoms with Crippen LogP contribution in [0.2, 0.25) is 0 Å². The van der Waals surface area contributed by atoms with E-state index in [2.05, 4.69) is 23.8 Å². The third-order valence-electron chi connectivity index (χ3n) is 4.48. The van der Waals surface area contributed by atoms with Crippen molar-refractivity contribution in [2.75, 3.05) is 18.6 Å². The lowest BCUT2D eigenvalue weighted by Crippen LogP contribution is -2.51. The number of urea groups is 1. The molecule has 2 rings (SSSR count). The van der Waals surface area contributed by atoms with Crippen molar-refractivity contribution in [3.63, 3.8) is 0 Å². The first-order valence-corrected chi connectivity index (χ1v) is 9.23. The minimum Gasteiger partial charge on any atom is -0.375 e. The lowest BCUT2D eigenvalue weighted by Gasteiger charge is -2.38. The molecule has 1 aliphatic carbocycles. The van der Waals surface area contributed by atoms with Gasteiger partial charge >= 0.3 is 6.03 Å². The number of hydrogen-bond donors (Lipinski definition) is 2. The molecule has 1 saturated heterocycles. The summed E-state index contributed by atoms with van der Waals surface area (Å²) in [6.07, 6.45) is 9.90. The molecule has 2 aliphatic rings. The van der Waals surface area contributed by atoms with E-state index < -0.39 is 0 Å². The monoisotopic (exact) mass is 300 g/mol. The molecule has 2 amide bonds. The van der Waals surface area contributed by atoms with Gasteiger partial charge in [0.1, 0.15) is 0 Å². The number of nitrogens with one attached hydrogen (secondary N) is 2. The topological polar surface area (TPSA) is 50.4 Å². The van der Waals surface area contributed by atoms with Crippen LogP contribution in [0.15, 0.2) is 0 Å². The van der Waals surface area contributed by atoms with Crippen LogP contribution in [0.5, 0.6) is 0 Å². The molecule has 2 N–H and O–H groups in total. The average molecular weight is 300 g/mol. The van der Waals surface area contributed by atoms with Gasteiger partial charge in [0.2, 0.25) is 0 Å². The van der Waals surface area contributed by atoms with E-state index in [1.807, 2.05) is 11.8 Å². The molecule has 20 heavy (non-hydrogen) atoms. The molecule has 2 atom stereocenters. The van der Waals surface area contributed by atoms with Crippen LogP contribution in [0.4, 0.5) is 4.79 Å². The van der Waals surface area contributed by atoms with Crippen LogP contribution in [0.3, 0.4) is 0 Å². The molecule has 2 fully saturated rings. The summed E-state index contributed by atoms with van der Waals surface area (Å²) >= 11 is 1.82. The molecule has 116 valence electrons. The summed E-state index contributed by atoms with van der Waals surface area (Å²) in [4.78, 5) is 12.0. The first-order chi connectivity index (χ1) is 9.63. The maximum atomic E-state index is 12.0. The lowest BCUT2D eigenvalue weighted by atomic mass is 9.89. The highest BCUT2D eigenvalue weighted by molar-refractivity contribution is 7.98. The van der Waals surface area contributed by atoms with Crippen LogP contribution in [0.1, 0.15) is 51.9 Å². The molecule has 0 aromatic heterocycles. The predicted molar refractivity (Wildman–Crippen MR) is 84.3 cm³/mol. The Bertz CT molecular complexity index is 319. The van der Waals surface area contributed by atoms with Gasteiger partial charge in [0, 0.05) is 18.7 Å². The Morgan fingerprint density at radius 3 is 2.90 bits per heavy atom. The number of rotatable bonds is 5. The van der Waals surface area contributed by atoms with Crippen molar-refractivity contribution in [3.8, 4) is 0 Å². The van der Waals surface area contributed by atoms with Crippen LogP contribution in [-0.2, 0) is 4.74 Å². The smallest absolute Gasteiger partial charge is 0.315 e. The Hall–Kier alpha value is -0.420. The number of carbonyl (C=O) groups is 1. The number of carbonyl (C=O) groups excluding carboxylic acids is 1. The molecule has 1 heterocycles. The Labute approximate surface area is 126 Å². The molecule has 4 nitrogen and oxygen atoms in total. The quantitative estimate of drug-likeness (QED) is 0.821. The van der Waals surface area contributed by atoms with E-state index in [1.54, 1.807) is 0 Å². The third-order valence-corrected chi connectivity index (χ3v) is 5.12. The number of amides is 2. The van der Waals surface area contributed by atoms with Gasteiger partial charge in [-0.25, -0.2) is 4.79 Å². The molecule has 0 aromatic carbocycles. The maximum Gasteiger partial charge on any atom is 0.315 e. The Balaban J connectivity index is 1.73. The van der Waals surface area contributed by atoms with Gasteiger partial charge < -0.3 is 15.4 Å². The highest BCUT2D eigenvalue weighted by Crippen LogP contribution is 2.39. The molecule has 0 unspecified atom stereocenters. The van der Waals surface area contributed by atoms with E-state index in [4.69, 9.17) is 4.74 Å². The zero-order valence-corrected chi connectivity index (χ0v) is 13.6. The van der Waals surface area contributed by atoms with E-state index >= 15 is 0 Å². The van der Waals surface area contributed by atoms with Crippen molar-refractivity contribution in [2.24, 2.45) is 0 Å². The fourth-order valence-corrected chi connectivity index (χ4v) is 3.93. The second kappa shape index (κ2) is 7.55.